The summed E-state index contributed by atoms with van der Waals surface area (Å²) in [5.41, 5.74) is -0.0359. The molecule has 124 valence electrons. The fourth-order valence-corrected chi connectivity index (χ4v) is 2.06. The summed E-state index contributed by atoms with van der Waals surface area (Å²) in [6.07, 6.45) is 0.285. The minimum Gasteiger partial charge on any atom is -0.378 e. The number of carbonyl (C=O) groups excluding carboxylic acids is 1. The van der Waals surface area contributed by atoms with Crippen molar-refractivity contribution in [3.05, 3.63) is 35.4 Å². The van der Waals surface area contributed by atoms with Gasteiger partial charge in [-0.25, -0.2) is 8.78 Å². The molecule has 0 saturated heterocycles. The number of likely N-dealkylation sites (N-methyl/N-ethyl adjacent to an activating group) is 1. The highest BCUT2D eigenvalue weighted by Crippen LogP contribution is 2.23. The zero-order valence-corrected chi connectivity index (χ0v) is 13.5. The quantitative estimate of drug-likeness (QED) is 0.801. The number of nitrogens with one attached hydrogen (secondary N) is 1. The van der Waals surface area contributed by atoms with Crippen molar-refractivity contribution < 1.29 is 18.3 Å². The fourth-order valence-electron chi connectivity index (χ4n) is 2.06. The average molecular weight is 314 g/mol. The molecular formula is C16H24F2N2O2. The van der Waals surface area contributed by atoms with Gasteiger partial charge >= 0.3 is 0 Å². The molecule has 1 rings (SSSR count). The van der Waals surface area contributed by atoms with E-state index in [1.54, 1.807) is 19.0 Å². The van der Waals surface area contributed by atoms with E-state index in [0.29, 0.717) is 6.61 Å². The summed E-state index contributed by atoms with van der Waals surface area (Å²) in [6, 6.07) is 3.18. The lowest BCUT2D eigenvalue weighted by Crippen LogP contribution is -2.36. The summed E-state index contributed by atoms with van der Waals surface area (Å²) in [5.74, 6) is -1.43. The van der Waals surface area contributed by atoms with Crippen LogP contribution in [0.25, 0.3) is 0 Å². The molecule has 0 aliphatic carbocycles. The highest BCUT2D eigenvalue weighted by atomic mass is 19.1. The summed E-state index contributed by atoms with van der Waals surface area (Å²) < 4.78 is 33.1. The Kier molecular flexibility index (Phi) is 7.41. The van der Waals surface area contributed by atoms with E-state index >= 15 is 0 Å². The molecule has 1 aromatic rings. The number of carbonyl (C=O) groups is 1. The van der Waals surface area contributed by atoms with Crippen LogP contribution in [0.4, 0.5) is 8.78 Å². The lowest BCUT2D eigenvalue weighted by atomic mass is 10.0. The SMILES string of the molecule is CC(C)OCCC(=O)NC[C@H](c1c(F)cccc1F)N(C)C. The molecule has 0 fully saturated rings. The van der Waals surface area contributed by atoms with Gasteiger partial charge in [-0.1, -0.05) is 6.07 Å². The van der Waals surface area contributed by atoms with Gasteiger partial charge in [0.15, 0.2) is 0 Å². The van der Waals surface area contributed by atoms with E-state index in [9.17, 15) is 13.6 Å². The van der Waals surface area contributed by atoms with Crippen LogP contribution in [0.15, 0.2) is 18.2 Å². The number of rotatable bonds is 8. The predicted octanol–water partition coefficient (Wildman–Crippen LogP) is 2.50. The van der Waals surface area contributed by atoms with Crippen molar-refractivity contribution in [1.82, 2.24) is 10.2 Å². The number of benzene rings is 1. The number of hydrogen-bond acceptors (Lipinski definition) is 3. The Hall–Kier alpha value is -1.53. The van der Waals surface area contributed by atoms with Crippen molar-refractivity contribution >= 4 is 5.91 Å². The van der Waals surface area contributed by atoms with Crippen molar-refractivity contribution in [2.45, 2.75) is 32.4 Å². The number of ether oxygens (including phenoxy) is 1. The lowest BCUT2D eigenvalue weighted by Gasteiger charge is -2.25. The molecule has 6 heteroatoms. The van der Waals surface area contributed by atoms with Crippen molar-refractivity contribution in [2.75, 3.05) is 27.2 Å². The van der Waals surface area contributed by atoms with Crippen LogP contribution < -0.4 is 5.32 Å². The zero-order valence-electron chi connectivity index (χ0n) is 13.5. The maximum Gasteiger partial charge on any atom is 0.222 e. The summed E-state index contributed by atoms with van der Waals surface area (Å²) in [4.78, 5) is 13.4. The maximum atomic E-state index is 13.9. The van der Waals surface area contributed by atoms with Gasteiger partial charge in [0, 0.05) is 18.5 Å². The molecule has 1 amide bonds. The normalized spacial score (nSPS) is 12.7. The van der Waals surface area contributed by atoms with E-state index in [-0.39, 0.29) is 30.5 Å². The summed E-state index contributed by atoms with van der Waals surface area (Å²) >= 11 is 0. The monoisotopic (exact) mass is 314 g/mol. The molecule has 0 saturated carbocycles. The van der Waals surface area contributed by atoms with E-state index in [4.69, 9.17) is 4.74 Å². The van der Waals surface area contributed by atoms with E-state index in [1.807, 2.05) is 13.8 Å². The molecule has 0 unspecified atom stereocenters. The number of halogens is 2. The second kappa shape index (κ2) is 8.80. The van der Waals surface area contributed by atoms with E-state index < -0.39 is 17.7 Å². The summed E-state index contributed by atoms with van der Waals surface area (Å²) in [5, 5.41) is 2.70. The smallest absolute Gasteiger partial charge is 0.222 e. The summed E-state index contributed by atoms with van der Waals surface area (Å²) in [7, 11) is 3.43. The van der Waals surface area contributed by atoms with Gasteiger partial charge < -0.3 is 15.0 Å². The van der Waals surface area contributed by atoms with Gasteiger partial charge in [-0.2, -0.15) is 0 Å². The first kappa shape index (κ1) is 18.5. The Morgan fingerprint density at radius 2 is 1.86 bits per heavy atom. The second-order valence-corrected chi connectivity index (χ2v) is 5.59. The Labute approximate surface area is 130 Å². The molecule has 0 heterocycles. The molecule has 1 N–H and O–H groups in total. The third kappa shape index (κ3) is 5.69. The van der Waals surface area contributed by atoms with Gasteiger partial charge in [0.25, 0.3) is 0 Å². The number of nitrogens with zero attached hydrogens (tertiary/aromatic N) is 1. The molecular weight excluding hydrogens is 290 g/mol. The first-order valence-corrected chi connectivity index (χ1v) is 7.31. The highest BCUT2D eigenvalue weighted by molar-refractivity contribution is 5.76. The molecule has 0 bridgehead atoms. The predicted molar refractivity (Wildman–Crippen MR) is 81.5 cm³/mol. The summed E-state index contributed by atoms with van der Waals surface area (Å²) in [6.45, 7) is 4.23. The van der Waals surface area contributed by atoms with Gasteiger partial charge in [-0.3, -0.25) is 4.79 Å². The Balaban J connectivity index is 2.64. The van der Waals surface area contributed by atoms with Crippen LogP contribution >= 0.6 is 0 Å². The molecule has 0 spiro atoms. The van der Waals surface area contributed by atoms with E-state index in [0.717, 1.165) is 0 Å². The third-order valence-corrected chi connectivity index (χ3v) is 3.23. The maximum absolute atomic E-state index is 13.9. The van der Waals surface area contributed by atoms with Gasteiger partial charge in [-0.05, 0) is 40.1 Å². The largest absolute Gasteiger partial charge is 0.378 e. The molecule has 0 aromatic heterocycles. The molecule has 22 heavy (non-hydrogen) atoms. The van der Waals surface area contributed by atoms with E-state index in [1.165, 1.54) is 18.2 Å². The van der Waals surface area contributed by atoms with Crippen LogP contribution in [0.3, 0.4) is 0 Å². The van der Waals surface area contributed by atoms with Crippen molar-refractivity contribution in [2.24, 2.45) is 0 Å². The Morgan fingerprint density at radius 1 is 1.27 bits per heavy atom. The van der Waals surface area contributed by atoms with Crippen molar-refractivity contribution in [3.8, 4) is 0 Å². The van der Waals surface area contributed by atoms with Gasteiger partial charge in [0.1, 0.15) is 11.6 Å². The van der Waals surface area contributed by atoms with Gasteiger partial charge in [0.2, 0.25) is 5.91 Å². The fraction of sp³-hybridized carbons (Fsp3) is 0.562. The van der Waals surface area contributed by atoms with Crippen LogP contribution in [-0.4, -0.2) is 44.2 Å². The number of amides is 1. The van der Waals surface area contributed by atoms with Crippen LogP contribution in [-0.2, 0) is 9.53 Å². The molecule has 1 atom stereocenters. The molecule has 0 aliphatic heterocycles. The minimum absolute atomic E-state index is 0.0359. The molecule has 4 nitrogen and oxygen atoms in total. The topological polar surface area (TPSA) is 41.6 Å². The molecule has 0 aliphatic rings. The van der Waals surface area contributed by atoms with Gasteiger partial charge in [0.05, 0.1) is 18.8 Å². The molecule has 0 radical (unpaired) electrons. The average Bonchev–Trinajstić information content (AvgIpc) is 2.41. The zero-order chi connectivity index (χ0) is 16.7. The van der Waals surface area contributed by atoms with Crippen LogP contribution in [0.2, 0.25) is 0 Å². The third-order valence-electron chi connectivity index (χ3n) is 3.23. The van der Waals surface area contributed by atoms with E-state index in [2.05, 4.69) is 5.32 Å². The Bertz CT molecular complexity index is 473. The van der Waals surface area contributed by atoms with Crippen molar-refractivity contribution in [3.63, 3.8) is 0 Å². The first-order valence-electron chi connectivity index (χ1n) is 7.31. The molecule has 1 aromatic carbocycles. The van der Waals surface area contributed by atoms with Gasteiger partial charge in [-0.15, -0.1) is 0 Å². The highest BCUT2D eigenvalue weighted by Gasteiger charge is 2.22. The lowest BCUT2D eigenvalue weighted by molar-refractivity contribution is -0.122. The standard InChI is InChI=1S/C16H24F2N2O2/c1-11(2)22-9-8-15(21)19-10-14(20(3)4)16-12(17)6-5-7-13(16)18/h5-7,11,14H,8-10H2,1-4H3,(H,19,21)/t14-/m1/s1. The van der Waals surface area contributed by atoms with Crippen molar-refractivity contribution in [1.29, 1.82) is 0 Å². The Morgan fingerprint density at radius 3 is 2.36 bits per heavy atom. The number of hydrogen-bond donors (Lipinski definition) is 1. The first-order chi connectivity index (χ1) is 10.3. The minimum atomic E-state index is -0.615. The second-order valence-electron chi connectivity index (χ2n) is 5.59. The van der Waals surface area contributed by atoms with Crippen LogP contribution in [0, 0.1) is 11.6 Å². The van der Waals surface area contributed by atoms with Crippen LogP contribution in [0.1, 0.15) is 31.9 Å². The van der Waals surface area contributed by atoms with Crippen LogP contribution in [0.5, 0.6) is 0 Å².